The van der Waals surface area contributed by atoms with Crippen LogP contribution in [-0.4, -0.2) is 39.7 Å². The van der Waals surface area contributed by atoms with E-state index in [4.69, 9.17) is 16.7 Å². The molecule has 4 aliphatic carbocycles. The number of oxime groups is 1. The summed E-state index contributed by atoms with van der Waals surface area (Å²) in [5, 5.41) is 21.2. The van der Waals surface area contributed by atoms with Gasteiger partial charge < -0.3 is 21.8 Å². The van der Waals surface area contributed by atoms with Crippen molar-refractivity contribution in [3.63, 3.8) is 0 Å². The number of aryl methyl sites for hydroxylation is 1. The number of thiol groups is 1. The van der Waals surface area contributed by atoms with Crippen LogP contribution in [0.25, 0.3) is 0 Å². The number of ketones is 2. The van der Waals surface area contributed by atoms with Crippen molar-refractivity contribution >= 4 is 29.9 Å². The Morgan fingerprint density at radius 1 is 0.659 bits per heavy atom. The number of nitrogens with zero attached hydrogens (tertiary/aromatic N) is 1. The molecule has 4 aliphatic rings. The first-order valence-corrected chi connectivity index (χ1v) is 15.3. The average molecular weight is 608 g/mol. The highest BCUT2D eigenvalue weighted by Gasteiger charge is 2.28. The summed E-state index contributed by atoms with van der Waals surface area (Å²) in [7, 11) is 0. The number of nitrogens with two attached hydrogens (primary N) is 2. The molecule has 0 amide bonds. The monoisotopic (exact) mass is 607 g/mol. The maximum absolute atomic E-state index is 11.3. The minimum atomic E-state index is -0.453. The van der Waals surface area contributed by atoms with Crippen LogP contribution in [0.1, 0.15) is 71.9 Å². The lowest BCUT2D eigenvalue weighted by Crippen LogP contribution is -2.24. The van der Waals surface area contributed by atoms with Gasteiger partial charge in [0.1, 0.15) is 5.71 Å². The van der Waals surface area contributed by atoms with Gasteiger partial charge in [0.05, 0.1) is 6.10 Å². The highest BCUT2D eigenvalue weighted by molar-refractivity contribution is 7.80. The Morgan fingerprint density at radius 2 is 1.18 bits per heavy atom. The predicted molar refractivity (Wildman–Crippen MR) is 176 cm³/mol. The second-order valence-electron chi connectivity index (χ2n) is 11.3. The molecule has 4 unspecified atom stereocenters. The maximum atomic E-state index is 11.3. The maximum Gasteiger partial charge on any atom is 0.211 e. The van der Waals surface area contributed by atoms with Gasteiger partial charge in [-0.3, -0.25) is 9.59 Å². The number of carbonyl (C=O) groups is 2. The van der Waals surface area contributed by atoms with Gasteiger partial charge in [-0.15, -0.1) is 0 Å². The largest absolute Gasteiger partial charge is 0.411 e. The minimum Gasteiger partial charge on any atom is -0.411 e. The summed E-state index contributed by atoms with van der Waals surface area (Å²) < 4.78 is 0. The molecule has 0 fully saturated rings. The number of Topliss-reactive ketones (excluding diaryl/α,β-unsaturated/α-hetero) is 2. The van der Waals surface area contributed by atoms with Crippen LogP contribution in [0.4, 0.5) is 0 Å². The zero-order valence-corrected chi connectivity index (χ0v) is 25.2. The highest BCUT2D eigenvalue weighted by atomic mass is 32.1. The molecule has 0 spiro atoms. The number of hydrogen-bond donors (Lipinski definition) is 5. The van der Waals surface area contributed by atoms with Crippen LogP contribution in [0.3, 0.4) is 0 Å². The van der Waals surface area contributed by atoms with E-state index in [1.807, 2.05) is 66.7 Å². The molecule has 4 aromatic carbocycles. The number of benzene rings is 4. The van der Waals surface area contributed by atoms with Crippen LogP contribution in [-0.2, 0) is 25.7 Å². The van der Waals surface area contributed by atoms with Gasteiger partial charge in [-0.1, -0.05) is 102 Å². The third-order valence-electron chi connectivity index (χ3n) is 8.41. The van der Waals surface area contributed by atoms with Crippen LogP contribution in [0.2, 0.25) is 0 Å². The van der Waals surface area contributed by atoms with E-state index in [0.717, 1.165) is 36.0 Å². The Morgan fingerprint density at radius 3 is 1.77 bits per heavy atom. The van der Waals surface area contributed by atoms with Crippen LogP contribution >= 0.6 is 12.6 Å². The molecule has 226 valence electrons. The van der Waals surface area contributed by atoms with Crippen LogP contribution in [0, 0.1) is 0 Å². The van der Waals surface area contributed by atoms with Crippen LogP contribution in [0.15, 0.2) is 102 Å². The van der Waals surface area contributed by atoms with Gasteiger partial charge in [-0.2, -0.15) is 12.6 Å². The van der Waals surface area contributed by atoms with Crippen molar-refractivity contribution in [2.75, 3.05) is 0 Å². The van der Waals surface area contributed by atoms with Gasteiger partial charge in [-0.25, -0.2) is 0 Å². The normalized spacial score (nSPS) is 22.8. The van der Waals surface area contributed by atoms with Crippen LogP contribution in [0.5, 0.6) is 0 Å². The lowest BCUT2D eigenvalue weighted by Gasteiger charge is -2.07. The van der Waals surface area contributed by atoms with E-state index in [1.54, 1.807) is 12.1 Å². The fraction of sp³-hybridized carbons (Fsp3) is 0.250. The van der Waals surface area contributed by atoms with Crippen molar-refractivity contribution in [2.24, 2.45) is 16.6 Å². The Kier molecular flexibility index (Phi) is 10.1. The molecule has 0 heterocycles. The third-order valence-corrected chi connectivity index (χ3v) is 9.07. The molecule has 0 bridgehead atoms. The fourth-order valence-electron chi connectivity index (χ4n) is 6.00. The third kappa shape index (κ3) is 6.84. The Labute approximate surface area is 263 Å². The van der Waals surface area contributed by atoms with E-state index in [9.17, 15) is 14.7 Å². The standard InChI is InChI=1S/C9H7NO2.C9H11NO.C9H11NS.C9H8O/c11-9-7-4-2-1-3-6(7)5-8(9)10-12;2*10-8-5-6-3-1-2-4-7(6)9(8)11;10-9-6-5-7-3-1-2-4-8(7)9/h1-4,12H,5H2;2*1-4,8-9,11H,5,10H2;1-4H,5-6H2/b10-8+;;;. The molecule has 8 heteroatoms. The molecule has 4 aromatic rings. The molecule has 8 rings (SSSR count). The molecule has 0 saturated carbocycles. The van der Waals surface area contributed by atoms with E-state index < -0.39 is 6.10 Å². The van der Waals surface area contributed by atoms with Crippen LogP contribution < -0.4 is 11.5 Å². The first-order valence-electron chi connectivity index (χ1n) is 14.8. The molecule has 0 aromatic heterocycles. The molecule has 0 radical (unpaired) electrons. The zero-order chi connectivity index (χ0) is 31.2. The highest BCUT2D eigenvalue weighted by Crippen LogP contribution is 2.34. The molecular weight excluding hydrogens is 570 g/mol. The van der Waals surface area contributed by atoms with E-state index >= 15 is 0 Å². The van der Waals surface area contributed by atoms with Crippen molar-refractivity contribution < 1.29 is 19.9 Å². The summed E-state index contributed by atoms with van der Waals surface area (Å²) in [6.07, 6.45) is 3.42. The topological polar surface area (TPSA) is 139 Å². The van der Waals surface area contributed by atoms with E-state index in [1.165, 1.54) is 22.3 Å². The average Bonchev–Trinajstić information content (AvgIpc) is 3.77. The van der Waals surface area contributed by atoms with Gasteiger partial charge in [0.15, 0.2) is 5.78 Å². The zero-order valence-electron chi connectivity index (χ0n) is 24.3. The van der Waals surface area contributed by atoms with Crippen molar-refractivity contribution in [1.82, 2.24) is 0 Å². The quantitative estimate of drug-likeness (QED) is 0.106. The summed E-state index contributed by atoms with van der Waals surface area (Å²) in [5.74, 6) is 0.142. The number of aliphatic hydroxyl groups is 1. The number of aliphatic hydroxyl groups excluding tert-OH is 1. The Hall–Kier alpha value is -4.08. The molecule has 7 nitrogen and oxygen atoms in total. The van der Waals surface area contributed by atoms with E-state index in [-0.39, 0.29) is 28.8 Å². The first kappa shape index (κ1) is 31.3. The number of carbonyl (C=O) groups excluding carboxylic acids is 2. The second kappa shape index (κ2) is 14.1. The van der Waals surface area contributed by atoms with E-state index in [2.05, 4.69) is 36.0 Å². The summed E-state index contributed by atoms with van der Waals surface area (Å²) in [4.78, 5) is 22.4. The first-order chi connectivity index (χ1) is 21.3. The van der Waals surface area contributed by atoms with Crippen molar-refractivity contribution in [2.45, 2.75) is 55.5 Å². The van der Waals surface area contributed by atoms with Gasteiger partial charge >= 0.3 is 0 Å². The Balaban J connectivity index is 0.000000117. The van der Waals surface area contributed by atoms with Gasteiger partial charge in [0, 0.05) is 41.3 Å². The van der Waals surface area contributed by atoms with Crippen molar-refractivity contribution in [3.05, 3.63) is 142 Å². The summed E-state index contributed by atoms with van der Waals surface area (Å²) in [5.41, 5.74) is 20.4. The van der Waals surface area contributed by atoms with E-state index in [0.29, 0.717) is 24.2 Å². The van der Waals surface area contributed by atoms with Gasteiger partial charge in [-0.05, 0) is 52.6 Å². The molecule has 0 saturated heterocycles. The summed E-state index contributed by atoms with van der Waals surface area (Å²) in [6, 6.07) is 31.4. The van der Waals surface area contributed by atoms with Gasteiger partial charge in [0.25, 0.3) is 0 Å². The van der Waals surface area contributed by atoms with Crippen molar-refractivity contribution in [1.29, 1.82) is 0 Å². The number of rotatable bonds is 0. The molecular formula is C36H37N3O4S. The fourth-order valence-corrected chi connectivity index (χ4v) is 6.35. The summed E-state index contributed by atoms with van der Waals surface area (Å²) >= 11 is 4.44. The predicted octanol–water partition coefficient (Wildman–Crippen LogP) is 5.22. The molecule has 44 heavy (non-hydrogen) atoms. The SMILES string of the molecule is NC1Cc2ccccc2C1O.NC1Cc2ccccc2C1S.O=C1/C(=N/O)Cc2ccccc21.O=C1CCc2ccccc21. The smallest absolute Gasteiger partial charge is 0.211 e. The van der Waals surface area contributed by atoms with Crippen molar-refractivity contribution in [3.8, 4) is 0 Å². The second-order valence-corrected chi connectivity index (χ2v) is 11.9. The number of hydrogen-bond acceptors (Lipinski definition) is 8. The molecule has 0 aliphatic heterocycles. The molecule has 6 N–H and O–H groups in total. The van der Waals surface area contributed by atoms with Gasteiger partial charge in [0.2, 0.25) is 5.78 Å². The number of fused-ring (bicyclic) bond motifs is 4. The molecule has 4 atom stereocenters. The summed E-state index contributed by atoms with van der Waals surface area (Å²) in [6.45, 7) is 0. The lowest BCUT2D eigenvalue weighted by atomic mass is 10.1. The Bertz CT molecular complexity index is 1630. The minimum absolute atomic E-state index is 0.104. The lowest BCUT2D eigenvalue weighted by molar-refractivity contribution is 0.0993.